The van der Waals surface area contributed by atoms with E-state index in [-0.39, 0.29) is 6.61 Å². The topological polar surface area (TPSA) is 44.8 Å². The minimum atomic E-state index is -2.67. The number of rotatable bonds is 10. The number of hydrogen-bond donors (Lipinski definition) is 0. The zero-order chi connectivity index (χ0) is 16.4. The van der Waals surface area contributed by atoms with Crippen LogP contribution in [0.5, 0.6) is 0 Å². The van der Waals surface area contributed by atoms with E-state index in [1.165, 1.54) is 0 Å². The van der Waals surface area contributed by atoms with E-state index >= 15 is 0 Å². The second kappa shape index (κ2) is 10.3. The van der Waals surface area contributed by atoms with Gasteiger partial charge < -0.3 is 13.8 Å². The molecule has 1 atom stereocenters. The molecule has 1 unspecified atom stereocenters. The van der Waals surface area contributed by atoms with Crippen LogP contribution in [0.4, 0.5) is 4.39 Å². The third-order valence-electron chi connectivity index (χ3n) is 2.45. The van der Waals surface area contributed by atoms with Crippen LogP contribution < -0.4 is 0 Å². The molecule has 0 N–H and O–H groups in total. The standard InChI is InChI=1S/C14H20FO4PS2/c1-3-18-20(21,19-4-2)22-13(14(16)17-11-10-15)12-8-6-5-7-9-12/h5-9,13H,3-4,10-11H2,1-2H3. The number of esters is 1. The van der Waals surface area contributed by atoms with Gasteiger partial charge in [0.05, 0.1) is 13.2 Å². The molecule has 124 valence electrons. The molecule has 1 aromatic carbocycles. The van der Waals surface area contributed by atoms with Gasteiger partial charge >= 0.3 is 5.97 Å². The maximum absolute atomic E-state index is 12.3. The van der Waals surface area contributed by atoms with Crippen molar-refractivity contribution in [1.29, 1.82) is 0 Å². The van der Waals surface area contributed by atoms with Crippen LogP contribution in [-0.2, 0) is 30.4 Å². The Bertz CT molecular complexity index is 491. The molecule has 0 radical (unpaired) electrons. The molecule has 1 rings (SSSR count). The molecule has 0 saturated carbocycles. The Morgan fingerprint density at radius 3 is 2.36 bits per heavy atom. The van der Waals surface area contributed by atoms with Gasteiger partial charge in [-0.3, -0.25) is 4.79 Å². The van der Waals surface area contributed by atoms with Crippen molar-refractivity contribution in [2.45, 2.75) is 19.1 Å². The lowest BCUT2D eigenvalue weighted by Gasteiger charge is -2.24. The number of ether oxygens (including phenoxy) is 1. The first kappa shape index (κ1) is 19.6. The number of carbonyl (C=O) groups is 1. The number of halogens is 1. The van der Waals surface area contributed by atoms with Crippen molar-refractivity contribution in [2.24, 2.45) is 0 Å². The van der Waals surface area contributed by atoms with Gasteiger partial charge in [-0.05, 0) is 31.2 Å². The van der Waals surface area contributed by atoms with E-state index < -0.39 is 23.6 Å². The van der Waals surface area contributed by atoms with E-state index in [0.717, 1.165) is 16.9 Å². The number of benzene rings is 1. The summed E-state index contributed by atoms with van der Waals surface area (Å²) >= 11 is 6.59. The van der Waals surface area contributed by atoms with Crippen LogP contribution in [0.3, 0.4) is 0 Å². The van der Waals surface area contributed by atoms with Gasteiger partial charge in [0.25, 0.3) is 0 Å². The van der Waals surface area contributed by atoms with Gasteiger partial charge in [0, 0.05) is 0 Å². The Morgan fingerprint density at radius 1 is 1.27 bits per heavy atom. The van der Waals surface area contributed by atoms with E-state index in [1.807, 2.05) is 32.0 Å². The smallest absolute Gasteiger partial charge is 0.324 e. The highest BCUT2D eigenvalue weighted by Crippen LogP contribution is 2.66. The van der Waals surface area contributed by atoms with Crippen LogP contribution in [0.1, 0.15) is 24.7 Å². The fourth-order valence-corrected chi connectivity index (χ4v) is 6.95. The predicted molar refractivity (Wildman–Crippen MR) is 91.2 cm³/mol. The van der Waals surface area contributed by atoms with E-state index in [2.05, 4.69) is 0 Å². The predicted octanol–water partition coefficient (Wildman–Crippen LogP) is 4.27. The second-order valence-corrected chi connectivity index (χ2v) is 10.3. The summed E-state index contributed by atoms with van der Waals surface area (Å²) in [5.41, 5.74) is -1.94. The molecule has 0 saturated heterocycles. The first-order chi connectivity index (χ1) is 10.6. The zero-order valence-electron chi connectivity index (χ0n) is 12.6. The summed E-state index contributed by atoms with van der Waals surface area (Å²) in [4.78, 5) is 12.2. The molecule has 0 fully saturated rings. The normalized spacial score (nSPS) is 12.9. The highest BCUT2D eigenvalue weighted by molar-refractivity contribution is 8.68. The molecule has 0 aliphatic heterocycles. The molecular weight excluding hydrogens is 346 g/mol. The lowest BCUT2D eigenvalue weighted by atomic mass is 10.1. The quantitative estimate of drug-likeness (QED) is 0.455. The third kappa shape index (κ3) is 6.34. The minimum Gasteiger partial charge on any atom is -0.462 e. The second-order valence-electron chi connectivity index (χ2n) is 4.04. The number of alkyl halides is 1. The summed E-state index contributed by atoms with van der Waals surface area (Å²) in [6.07, 6.45) is 0. The van der Waals surface area contributed by atoms with E-state index in [9.17, 15) is 9.18 Å². The maximum Gasteiger partial charge on any atom is 0.324 e. The fourth-order valence-electron chi connectivity index (χ4n) is 1.63. The van der Waals surface area contributed by atoms with Gasteiger partial charge in [-0.2, -0.15) is 0 Å². The summed E-state index contributed by atoms with van der Waals surface area (Å²) in [7, 11) is 0. The Kier molecular flexibility index (Phi) is 9.21. The zero-order valence-corrected chi connectivity index (χ0v) is 15.1. The summed E-state index contributed by atoms with van der Waals surface area (Å²) in [5.74, 6) is -0.539. The first-order valence-electron chi connectivity index (χ1n) is 6.91. The van der Waals surface area contributed by atoms with Crippen molar-refractivity contribution in [3.05, 3.63) is 35.9 Å². The molecule has 4 nitrogen and oxygen atoms in total. The minimum absolute atomic E-state index is 0.269. The van der Waals surface area contributed by atoms with Crippen molar-refractivity contribution in [2.75, 3.05) is 26.5 Å². The summed E-state index contributed by atoms with van der Waals surface area (Å²) in [5, 5.41) is -0.698. The van der Waals surface area contributed by atoms with Gasteiger partial charge in [-0.25, -0.2) is 4.39 Å². The van der Waals surface area contributed by atoms with Crippen LogP contribution in [0.25, 0.3) is 0 Å². The van der Waals surface area contributed by atoms with Crippen molar-refractivity contribution in [1.82, 2.24) is 0 Å². The molecule has 0 spiro atoms. The van der Waals surface area contributed by atoms with Crippen LogP contribution in [0.2, 0.25) is 0 Å². The van der Waals surface area contributed by atoms with Crippen LogP contribution in [-0.4, -0.2) is 32.5 Å². The first-order valence-corrected chi connectivity index (χ1v) is 11.0. The summed E-state index contributed by atoms with van der Waals surface area (Å²) in [6, 6.07) is 9.07. The van der Waals surface area contributed by atoms with Gasteiger partial charge in [0.15, 0.2) is 0 Å². The van der Waals surface area contributed by atoms with Gasteiger partial charge in [-0.15, -0.1) is 0 Å². The molecule has 8 heteroatoms. The van der Waals surface area contributed by atoms with Crippen LogP contribution in [0, 0.1) is 0 Å². The highest BCUT2D eigenvalue weighted by Gasteiger charge is 2.32. The van der Waals surface area contributed by atoms with Crippen LogP contribution in [0.15, 0.2) is 30.3 Å². The SMILES string of the molecule is CCOP(=S)(OCC)SC(C(=O)OCCF)c1ccccc1. The van der Waals surface area contributed by atoms with Crippen molar-refractivity contribution in [3.63, 3.8) is 0 Å². The summed E-state index contributed by atoms with van der Waals surface area (Å²) < 4.78 is 28.3. The third-order valence-corrected chi connectivity index (χ3v) is 7.98. The molecule has 0 bridgehead atoms. The number of carbonyl (C=O) groups excluding carboxylic acids is 1. The molecule has 0 aliphatic rings. The molecule has 0 heterocycles. The van der Waals surface area contributed by atoms with Gasteiger partial charge in [0.2, 0.25) is 5.69 Å². The van der Waals surface area contributed by atoms with E-state index in [4.69, 9.17) is 25.6 Å². The van der Waals surface area contributed by atoms with Crippen molar-refractivity contribution in [3.8, 4) is 0 Å². The molecule has 1 aromatic rings. The highest BCUT2D eigenvalue weighted by atomic mass is 32.9. The monoisotopic (exact) mass is 366 g/mol. The van der Waals surface area contributed by atoms with E-state index in [0.29, 0.717) is 13.2 Å². The Balaban J connectivity index is 2.99. The Hall–Kier alpha value is -0.460. The molecular formula is C14H20FO4PS2. The molecule has 22 heavy (non-hydrogen) atoms. The fraction of sp³-hybridized carbons (Fsp3) is 0.500. The van der Waals surface area contributed by atoms with Crippen molar-refractivity contribution >= 4 is 34.9 Å². The van der Waals surface area contributed by atoms with Gasteiger partial charge in [-0.1, -0.05) is 41.7 Å². The number of hydrogen-bond acceptors (Lipinski definition) is 6. The lowest BCUT2D eigenvalue weighted by molar-refractivity contribution is -0.143. The lowest BCUT2D eigenvalue weighted by Crippen LogP contribution is -2.15. The summed E-state index contributed by atoms with van der Waals surface area (Å²) in [6.45, 7) is 3.44. The average molecular weight is 366 g/mol. The maximum atomic E-state index is 12.3. The van der Waals surface area contributed by atoms with Crippen LogP contribution >= 0.6 is 17.1 Å². The molecule has 0 aromatic heterocycles. The largest absolute Gasteiger partial charge is 0.462 e. The van der Waals surface area contributed by atoms with Crippen molar-refractivity contribution < 1.29 is 23.0 Å². The Morgan fingerprint density at radius 2 is 1.86 bits per heavy atom. The molecule has 0 amide bonds. The Labute approximate surface area is 139 Å². The average Bonchev–Trinajstić information content (AvgIpc) is 2.51. The molecule has 0 aliphatic carbocycles. The van der Waals surface area contributed by atoms with Gasteiger partial charge in [0.1, 0.15) is 18.5 Å². The van der Waals surface area contributed by atoms with E-state index in [1.54, 1.807) is 12.1 Å².